The molecule has 0 bridgehead atoms. The Bertz CT molecular complexity index is 511. The Labute approximate surface area is 122 Å². The molecule has 3 nitrogen and oxygen atoms in total. The Kier molecular flexibility index (Phi) is 3.39. The maximum Gasteiger partial charge on any atom is 0.242 e. The first-order chi connectivity index (χ1) is 9.12. The summed E-state index contributed by atoms with van der Waals surface area (Å²) < 4.78 is 1.06. The second-order valence-corrected chi connectivity index (χ2v) is 6.61. The molecule has 3 N–H and O–H groups in total. The van der Waals surface area contributed by atoms with Crippen LogP contribution in [-0.4, -0.2) is 11.9 Å². The minimum absolute atomic E-state index is 0.236. The monoisotopic (exact) mass is 322 g/mol. The van der Waals surface area contributed by atoms with Gasteiger partial charge in [-0.1, -0.05) is 34.8 Å². The molecule has 3 rings (SSSR count). The quantitative estimate of drug-likeness (QED) is 0.898. The van der Waals surface area contributed by atoms with Crippen molar-refractivity contribution in [2.24, 2.45) is 5.73 Å². The molecular formula is C15H19BrN2O. The highest BCUT2D eigenvalue weighted by Gasteiger charge is 2.45. The summed E-state index contributed by atoms with van der Waals surface area (Å²) in [5.74, 6) is -0.236. The molecule has 4 heteroatoms. The molecule has 19 heavy (non-hydrogen) atoms. The van der Waals surface area contributed by atoms with E-state index in [2.05, 4.69) is 27.3 Å². The molecule has 0 radical (unpaired) electrons. The van der Waals surface area contributed by atoms with Gasteiger partial charge in [0.15, 0.2) is 0 Å². The lowest BCUT2D eigenvalue weighted by molar-refractivity contribution is -0.125. The lowest BCUT2D eigenvalue weighted by Gasteiger charge is -2.31. The summed E-state index contributed by atoms with van der Waals surface area (Å²) in [6.45, 7) is 0. The van der Waals surface area contributed by atoms with E-state index in [1.807, 2.05) is 12.1 Å². The second-order valence-electron chi connectivity index (χ2n) is 5.70. The Morgan fingerprint density at radius 1 is 1.37 bits per heavy atom. The number of hydrogen-bond donors (Lipinski definition) is 2. The summed E-state index contributed by atoms with van der Waals surface area (Å²) >= 11 is 3.49. The maximum atomic E-state index is 12.1. The number of nitrogens with one attached hydrogen (secondary N) is 1. The van der Waals surface area contributed by atoms with Gasteiger partial charge < -0.3 is 5.73 Å². The van der Waals surface area contributed by atoms with E-state index in [4.69, 9.17) is 5.73 Å². The molecule has 2 aliphatic carbocycles. The largest absolute Gasteiger partial charge is 0.368 e. The van der Waals surface area contributed by atoms with Crippen LogP contribution >= 0.6 is 15.9 Å². The van der Waals surface area contributed by atoms with Crippen molar-refractivity contribution in [3.63, 3.8) is 0 Å². The van der Waals surface area contributed by atoms with Gasteiger partial charge in [0.1, 0.15) is 5.54 Å². The predicted octanol–water partition coefficient (Wildman–Crippen LogP) is 2.61. The molecule has 1 saturated carbocycles. The zero-order valence-electron chi connectivity index (χ0n) is 10.9. The standard InChI is InChI=1S/C15H19BrN2O/c16-11-5-6-13-10(9-11)7-8-15(13,14(17)19)18-12-3-1-2-4-12/h5-6,9,12,18H,1-4,7-8H2,(H2,17,19). The molecule has 0 heterocycles. The Hall–Kier alpha value is -0.870. The highest BCUT2D eigenvalue weighted by Crippen LogP contribution is 2.39. The van der Waals surface area contributed by atoms with Crippen molar-refractivity contribution in [2.45, 2.75) is 50.1 Å². The van der Waals surface area contributed by atoms with Gasteiger partial charge in [-0.2, -0.15) is 0 Å². The average molecular weight is 323 g/mol. The third kappa shape index (κ3) is 2.21. The molecule has 0 aromatic heterocycles. The van der Waals surface area contributed by atoms with E-state index < -0.39 is 5.54 Å². The highest BCUT2D eigenvalue weighted by molar-refractivity contribution is 9.10. The molecule has 0 saturated heterocycles. The van der Waals surface area contributed by atoms with Crippen LogP contribution in [0.25, 0.3) is 0 Å². The Balaban J connectivity index is 1.97. The van der Waals surface area contributed by atoms with Gasteiger partial charge in [0, 0.05) is 10.5 Å². The molecule has 1 amide bonds. The molecular weight excluding hydrogens is 304 g/mol. The van der Waals surface area contributed by atoms with Crippen LogP contribution in [0.2, 0.25) is 0 Å². The first kappa shape index (κ1) is 13.1. The zero-order valence-corrected chi connectivity index (χ0v) is 12.5. The molecule has 102 valence electrons. The van der Waals surface area contributed by atoms with Gasteiger partial charge in [0.05, 0.1) is 0 Å². The molecule has 2 aliphatic rings. The van der Waals surface area contributed by atoms with E-state index in [0.717, 1.165) is 35.7 Å². The number of hydrogen-bond acceptors (Lipinski definition) is 2. The molecule has 1 aromatic rings. The van der Waals surface area contributed by atoms with Crippen molar-refractivity contribution in [3.05, 3.63) is 33.8 Å². The smallest absolute Gasteiger partial charge is 0.242 e. The van der Waals surface area contributed by atoms with Gasteiger partial charge in [-0.05, 0) is 48.9 Å². The fraction of sp³-hybridized carbons (Fsp3) is 0.533. The lowest BCUT2D eigenvalue weighted by Crippen LogP contribution is -2.54. The normalized spacial score (nSPS) is 26.6. The molecule has 1 aromatic carbocycles. The third-order valence-electron chi connectivity index (χ3n) is 4.52. The topological polar surface area (TPSA) is 55.1 Å². The summed E-state index contributed by atoms with van der Waals surface area (Å²) in [4.78, 5) is 12.1. The number of nitrogens with two attached hydrogens (primary N) is 1. The Morgan fingerprint density at radius 3 is 2.79 bits per heavy atom. The molecule has 0 spiro atoms. The third-order valence-corrected chi connectivity index (χ3v) is 5.02. The molecule has 1 unspecified atom stereocenters. The van der Waals surface area contributed by atoms with Gasteiger partial charge in [-0.15, -0.1) is 0 Å². The van der Waals surface area contributed by atoms with Crippen molar-refractivity contribution >= 4 is 21.8 Å². The van der Waals surface area contributed by atoms with E-state index in [9.17, 15) is 4.79 Å². The van der Waals surface area contributed by atoms with Gasteiger partial charge in [0.2, 0.25) is 5.91 Å². The molecule has 1 atom stereocenters. The predicted molar refractivity (Wildman–Crippen MR) is 78.7 cm³/mol. The van der Waals surface area contributed by atoms with Gasteiger partial charge >= 0.3 is 0 Å². The highest BCUT2D eigenvalue weighted by atomic mass is 79.9. The molecule has 0 aliphatic heterocycles. The van der Waals surface area contributed by atoms with E-state index in [-0.39, 0.29) is 5.91 Å². The van der Waals surface area contributed by atoms with Crippen molar-refractivity contribution in [1.82, 2.24) is 5.32 Å². The first-order valence-corrected chi connectivity index (χ1v) is 7.78. The van der Waals surface area contributed by atoms with Crippen molar-refractivity contribution in [2.75, 3.05) is 0 Å². The lowest BCUT2D eigenvalue weighted by atomic mass is 9.89. The number of halogens is 1. The van der Waals surface area contributed by atoms with Crippen LogP contribution in [-0.2, 0) is 16.8 Å². The van der Waals surface area contributed by atoms with Gasteiger partial charge in [0.25, 0.3) is 0 Å². The Morgan fingerprint density at radius 2 is 2.11 bits per heavy atom. The summed E-state index contributed by atoms with van der Waals surface area (Å²) in [5, 5.41) is 3.58. The summed E-state index contributed by atoms with van der Waals surface area (Å²) in [5.41, 5.74) is 7.42. The fourth-order valence-corrected chi connectivity index (χ4v) is 3.95. The van der Waals surface area contributed by atoms with Gasteiger partial charge in [-0.3, -0.25) is 10.1 Å². The molecule has 1 fully saturated rings. The van der Waals surface area contributed by atoms with E-state index in [0.29, 0.717) is 6.04 Å². The van der Waals surface area contributed by atoms with Crippen LogP contribution in [0.3, 0.4) is 0 Å². The van der Waals surface area contributed by atoms with Crippen LogP contribution in [0.5, 0.6) is 0 Å². The zero-order chi connectivity index (χ0) is 13.5. The number of primary amides is 1. The second kappa shape index (κ2) is 4.91. The summed E-state index contributed by atoms with van der Waals surface area (Å²) in [6.07, 6.45) is 6.50. The minimum atomic E-state index is -0.648. The number of carbonyl (C=O) groups is 1. The van der Waals surface area contributed by atoms with E-state index in [1.165, 1.54) is 18.4 Å². The van der Waals surface area contributed by atoms with Crippen LogP contribution in [0.4, 0.5) is 0 Å². The maximum absolute atomic E-state index is 12.1. The van der Waals surface area contributed by atoms with E-state index >= 15 is 0 Å². The number of rotatable bonds is 3. The summed E-state index contributed by atoms with van der Waals surface area (Å²) in [7, 11) is 0. The number of benzene rings is 1. The minimum Gasteiger partial charge on any atom is -0.368 e. The first-order valence-electron chi connectivity index (χ1n) is 6.98. The van der Waals surface area contributed by atoms with Crippen molar-refractivity contribution in [1.29, 1.82) is 0 Å². The van der Waals surface area contributed by atoms with E-state index in [1.54, 1.807) is 0 Å². The van der Waals surface area contributed by atoms with Crippen LogP contribution in [0, 0.1) is 0 Å². The number of amides is 1. The number of carbonyl (C=O) groups excluding carboxylic acids is 1. The van der Waals surface area contributed by atoms with Crippen LogP contribution < -0.4 is 11.1 Å². The number of fused-ring (bicyclic) bond motifs is 1. The average Bonchev–Trinajstić information content (AvgIpc) is 2.98. The SMILES string of the molecule is NC(=O)C1(NC2CCCC2)CCc2cc(Br)ccc21. The number of aryl methyl sites for hydroxylation is 1. The van der Waals surface area contributed by atoms with Crippen molar-refractivity contribution in [3.8, 4) is 0 Å². The van der Waals surface area contributed by atoms with Gasteiger partial charge in [-0.25, -0.2) is 0 Å². The van der Waals surface area contributed by atoms with Crippen molar-refractivity contribution < 1.29 is 4.79 Å². The van der Waals surface area contributed by atoms with Crippen LogP contribution in [0.1, 0.15) is 43.2 Å². The van der Waals surface area contributed by atoms with Crippen LogP contribution in [0.15, 0.2) is 22.7 Å². The fourth-order valence-electron chi connectivity index (χ4n) is 3.54. The summed E-state index contributed by atoms with van der Waals surface area (Å²) in [6, 6.07) is 6.58.